The molecule has 1 aromatic carbocycles. The van der Waals surface area contributed by atoms with Gasteiger partial charge in [-0.1, -0.05) is 104 Å². The SMILES string of the molecule is C=C(C)Cn1c(C)ccc(C(/C=C\C(=C\c2ccccc2)N/C(C)=C/C=C\C=C/C)=C/C)cc(C)c(C)c1/C=C\CC. The molecule has 1 aromatic heterocycles. The summed E-state index contributed by atoms with van der Waals surface area (Å²) in [6, 6.07) is 17.2. The number of hydrogen-bond donors (Lipinski definition) is 1. The highest BCUT2D eigenvalue weighted by Crippen LogP contribution is 2.22. The van der Waals surface area contributed by atoms with Gasteiger partial charge in [-0.15, -0.1) is 0 Å². The van der Waals surface area contributed by atoms with Gasteiger partial charge >= 0.3 is 0 Å². The lowest BCUT2D eigenvalue weighted by molar-refractivity contribution is 0.740. The Morgan fingerprint density at radius 2 is 1.67 bits per heavy atom. The minimum absolute atomic E-state index is 0.784. The molecule has 0 atom stereocenters. The molecule has 0 radical (unpaired) electrons. The van der Waals surface area contributed by atoms with Crippen molar-refractivity contribution >= 4 is 17.7 Å². The maximum absolute atomic E-state index is 4.21. The number of allylic oxidation sites excluding steroid dienone is 12. The maximum atomic E-state index is 4.21. The van der Waals surface area contributed by atoms with Crippen molar-refractivity contribution in [2.24, 2.45) is 0 Å². The van der Waals surface area contributed by atoms with E-state index in [1.54, 1.807) is 0 Å². The molecule has 220 valence electrons. The van der Waals surface area contributed by atoms with E-state index < -0.39 is 0 Å². The zero-order chi connectivity index (χ0) is 30.9. The van der Waals surface area contributed by atoms with E-state index in [2.05, 4.69) is 150 Å². The fourth-order valence-electron chi connectivity index (χ4n) is 4.43. The van der Waals surface area contributed by atoms with Crippen molar-refractivity contribution in [2.45, 2.75) is 68.4 Å². The molecule has 0 saturated carbocycles. The normalized spacial score (nSPS) is 13.1. The predicted octanol–water partition coefficient (Wildman–Crippen LogP) is 11.2. The summed E-state index contributed by atoms with van der Waals surface area (Å²) in [6.07, 6.45) is 24.4. The third kappa shape index (κ3) is 11.3. The summed E-state index contributed by atoms with van der Waals surface area (Å²) in [7, 11) is 0. The smallest absolute Gasteiger partial charge is 0.0440 e. The molecule has 0 unspecified atom stereocenters. The molecule has 0 bridgehead atoms. The highest BCUT2D eigenvalue weighted by molar-refractivity contribution is 5.75. The Hall–Kier alpha value is -4.30. The molecule has 1 N–H and O–H groups in total. The van der Waals surface area contributed by atoms with E-state index in [4.69, 9.17) is 0 Å². The second kappa shape index (κ2) is 18.2. The van der Waals surface area contributed by atoms with Crippen LogP contribution in [-0.4, -0.2) is 4.57 Å². The lowest BCUT2D eigenvalue weighted by Gasteiger charge is -2.15. The summed E-state index contributed by atoms with van der Waals surface area (Å²) in [6.45, 7) is 22.1. The van der Waals surface area contributed by atoms with E-state index in [-0.39, 0.29) is 0 Å². The molecule has 0 saturated heterocycles. The third-order valence-electron chi connectivity index (χ3n) is 6.82. The van der Waals surface area contributed by atoms with Crippen molar-refractivity contribution in [3.63, 3.8) is 0 Å². The first-order valence-corrected chi connectivity index (χ1v) is 14.9. The Morgan fingerprint density at radius 3 is 2.31 bits per heavy atom. The summed E-state index contributed by atoms with van der Waals surface area (Å²) in [4.78, 5) is 0. The molecule has 0 aliphatic rings. The van der Waals surface area contributed by atoms with Crippen molar-refractivity contribution in [1.29, 1.82) is 0 Å². The molecule has 0 amide bonds. The summed E-state index contributed by atoms with van der Waals surface area (Å²) in [5, 5.41) is 3.59. The van der Waals surface area contributed by atoms with Crippen LogP contribution in [0.15, 0.2) is 127 Å². The monoisotopic (exact) mass is 558 g/mol. The molecule has 0 aliphatic heterocycles. The first-order chi connectivity index (χ1) is 20.2. The predicted molar refractivity (Wildman–Crippen MR) is 188 cm³/mol. The van der Waals surface area contributed by atoms with E-state index in [9.17, 15) is 0 Å². The van der Waals surface area contributed by atoms with Crippen LogP contribution in [0.2, 0.25) is 0 Å². The lowest BCUT2D eigenvalue weighted by Crippen LogP contribution is -2.08. The van der Waals surface area contributed by atoms with Gasteiger partial charge in [-0.25, -0.2) is 0 Å². The molecule has 2 nitrogen and oxygen atoms in total. The summed E-state index contributed by atoms with van der Waals surface area (Å²) < 4.78 is 2.37. The van der Waals surface area contributed by atoms with Crippen LogP contribution < -0.4 is 5.32 Å². The Morgan fingerprint density at radius 1 is 0.929 bits per heavy atom. The average Bonchev–Trinajstić information content (AvgIpc) is 3.00. The fourth-order valence-corrected chi connectivity index (χ4v) is 4.43. The van der Waals surface area contributed by atoms with Crippen LogP contribution in [-0.2, 0) is 6.54 Å². The van der Waals surface area contributed by atoms with Gasteiger partial charge in [0, 0.05) is 29.3 Å². The van der Waals surface area contributed by atoms with E-state index in [1.807, 2.05) is 37.3 Å². The number of nitrogens with one attached hydrogen (secondary N) is 1. The zero-order valence-corrected chi connectivity index (χ0v) is 27.0. The van der Waals surface area contributed by atoms with Gasteiger partial charge < -0.3 is 9.88 Å². The van der Waals surface area contributed by atoms with Crippen molar-refractivity contribution < 1.29 is 0 Å². The highest BCUT2D eigenvalue weighted by atomic mass is 15.0. The Bertz CT molecular complexity index is 1460. The van der Waals surface area contributed by atoms with Crippen LogP contribution in [0.1, 0.15) is 74.7 Å². The molecule has 2 heteroatoms. The van der Waals surface area contributed by atoms with Crippen molar-refractivity contribution in [3.05, 3.63) is 160 Å². The minimum Gasteiger partial charge on any atom is -0.359 e. The van der Waals surface area contributed by atoms with Gasteiger partial charge in [0.2, 0.25) is 0 Å². The second-order valence-corrected chi connectivity index (χ2v) is 10.6. The fraction of sp³-hybridized carbons (Fsp3) is 0.250. The first-order valence-electron chi connectivity index (χ1n) is 14.9. The second-order valence-electron chi connectivity index (χ2n) is 10.6. The quantitative estimate of drug-likeness (QED) is 0.202. The minimum atomic E-state index is 0.784. The molecule has 1 heterocycles. The van der Waals surface area contributed by atoms with Gasteiger partial charge in [0.15, 0.2) is 0 Å². The number of rotatable bonds is 12. The molecule has 2 aromatic rings. The van der Waals surface area contributed by atoms with Gasteiger partial charge in [0.1, 0.15) is 0 Å². The number of aryl methyl sites for hydroxylation is 2. The number of benzene rings is 1. The molecule has 0 aliphatic carbocycles. The Labute approximate surface area is 255 Å². The van der Waals surface area contributed by atoms with E-state index in [1.165, 1.54) is 28.1 Å². The van der Waals surface area contributed by atoms with Crippen LogP contribution in [0.4, 0.5) is 0 Å². The van der Waals surface area contributed by atoms with Gasteiger partial charge in [-0.05, 0) is 113 Å². The Kier molecular flexibility index (Phi) is 14.7. The number of aromatic nitrogens is 1. The lowest BCUT2D eigenvalue weighted by atomic mass is 10.0. The third-order valence-corrected chi connectivity index (χ3v) is 6.82. The molecular weight excluding hydrogens is 508 g/mol. The molecule has 2 rings (SSSR count). The maximum Gasteiger partial charge on any atom is 0.0440 e. The van der Waals surface area contributed by atoms with Gasteiger partial charge in [0.05, 0.1) is 0 Å². The Balaban J connectivity index is 2.66. The van der Waals surface area contributed by atoms with E-state index >= 15 is 0 Å². The summed E-state index contributed by atoms with van der Waals surface area (Å²) in [5.74, 6) is 0. The zero-order valence-electron chi connectivity index (χ0n) is 27.0. The van der Waals surface area contributed by atoms with Gasteiger partial charge in [-0.3, -0.25) is 0 Å². The first kappa shape index (κ1) is 33.9. The van der Waals surface area contributed by atoms with Crippen LogP contribution in [0, 0.1) is 20.8 Å². The topological polar surface area (TPSA) is 17.0 Å². The standard InChI is InChI=1S/C40H50N2/c1-10-13-15-17-20-33(7)41-39(29-36-21-18-16-19-22-36)27-26-37(12-3)38-25-24-34(8)42(30-31(4)5)40(23-14-11-2)35(9)32(6)28-38/h10,12-29,41H,4,11,30H2,1-3,5-9H3/b13-10-,17-15-,23-14-,27-26-,32-28?,33-20+,34-24?,37-12+,38-25?,39-29-,40-35?. The highest BCUT2D eigenvalue weighted by Gasteiger charge is 2.06. The van der Waals surface area contributed by atoms with E-state index in [0.29, 0.717) is 0 Å². The van der Waals surface area contributed by atoms with Crippen molar-refractivity contribution in [2.75, 3.05) is 0 Å². The van der Waals surface area contributed by atoms with Gasteiger partial charge in [-0.2, -0.15) is 0 Å². The molecular formula is C40H50N2. The van der Waals surface area contributed by atoms with Crippen LogP contribution in [0.5, 0.6) is 0 Å². The van der Waals surface area contributed by atoms with Crippen molar-refractivity contribution in [1.82, 2.24) is 9.88 Å². The molecule has 42 heavy (non-hydrogen) atoms. The van der Waals surface area contributed by atoms with E-state index in [0.717, 1.165) is 41.1 Å². The molecule has 0 fully saturated rings. The number of hydrogen-bond acceptors (Lipinski definition) is 1. The van der Waals surface area contributed by atoms with Crippen molar-refractivity contribution in [3.8, 4) is 0 Å². The number of nitrogens with zero attached hydrogens (tertiary/aromatic N) is 1. The van der Waals surface area contributed by atoms with Gasteiger partial charge in [0.25, 0.3) is 0 Å². The largest absolute Gasteiger partial charge is 0.359 e. The molecule has 0 spiro atoms. The summed E-state index contributed by atoms with van der Waals surface area (Å²) >= 11 is 0. The van der Waals surface area contributed by atoms with Crippen LogP contribution in [0.3, 0.4) is 0 Å². The van der Waals surface area contributed by atoms with Crippen LogP contribution in [0.25, 0.3) is 17.7 Å². The van der Waals surface area contributed by atoms with Crippen LogP contribution >= 0.6 is 0 Å². The summed E-state index contributed by atoms with van der Waals surface area (Å²) in [5.41, 5.74) is 11.6. The average molecular weight is 559 g/mol.